The van der Waals surface area contributed by atoms with Crippen LogP contribution in [0.15, 0.2) is 6.33 Å². The Morgan fingerprint density at radius 3 is 2.87 bits per heavy atom. The van der Waals surface area contributed by atoms with Crippen LogP contribution in [0.5, 0.6) is 5.88 Å². The summed E-state index contributed by atoms with van der Waals surface area (Å²) in [7, 11) is 0. The van der Waals surface area contributed by atoms with Gasteiger partial charge in [0, 0.05) is 6.54 Å². The van der Waals surface area contributed by atoms with Gasteiger partial charge in [0.25, 0.3) is 0 Å². The molecule has 15 heavy (non-hydrogen) atoms. The van der Waals surface area contributed by atoms with Crippen molar-refractivity contribution in [1.82, 2.24) is 9.97 Å². The molecular weight excluding hydrogens is 194 g/mol. The van der Waals surface area contributed by atoms with Gasteiger partial charge in [-0.1, -0.05) is 0 Å². The van der Waals surface area contributed by atoms with Gasteiger partial charge in [-0.3, -0.25) is 0 Å². The number of aliphatic hydroxyl groups is 1. The summed E-state index contributed by atoms with van der Waals surface area (Å²) in [6.45, 7) is 6.55. The summed E-state index contributed by atoms with van der Waals surface area (Å²) in [5, 5.41) is 12.2. The lowest BCUT2D eigenvalue weighted by Gasteiger charge is -2.12. The molecule has 1 aromatic rings. The predicted molar refractivity (Wildman–Crippen MR) is 58.1 cm³/mol. The Morgan fingerprint density at radius 1 is 1.53 bits per heavy atom. The van der Waals surface area contributed by atoms with Crippen molar-refractivity contribution in [3.63, 3.8) is 0 Å². The second kappa shape index (κ2) is 5.50. The molecule has 0 aliphatic rings. The van der Waals surface area contributed by atoms with Crippen molar-refractivity contribution in [1.29, 1.82) is 0 Å². The second-order valence-electron chi connectivity index (χ2n) is 3.32. The van der Waals surface area contributed by atoms with Crippen molar-refractivity contribution in [2.75, 3.05) is 18.5 Å². The lowest BCUT2D eigenvalue weighted by molar-refractivity contribution is 0.208. The van der Waals surface area contributed by atoms with Crippen LogP contribution in [0.25, 0.3) is 0 Å². The Balaban J connectivity index is 2.75. The van der Waals surface area contributed by atoms with Crippen molar-refractivity contribution >= 4 is 5.82 Å². The maximum absolute atomic E-state index is 9.14. The summed E-state index contributed by atoms with van der Waals surface area (Å²) in [5.74, 6) is 1.29. The predicted octanol–water partition coefficient (Wildman–Crippen LogP) is 0.976. The van der Waals surface area contributed by atoms with E-state index in [0.717, 1.165) is 5.56 Å². The van der Waals surface area contributed by atoms with Gasteiger partial charge in [0.05, 0.1) is 18.3 Å². The van der Waals surface area contributed by atoms with Gasteiger partial charge in [-0.25, -0.2) is 9.97 Å². The van der Waals surface area contributed by atoms with E-state index in [9.17, 15) is 0 Å². The highest BCUT2D eigenvalue weighted by molar-refractivity contribution is 5.47. The molecule has 5 heteroatoms. The highest BCUT2D eigenvalue weighted by Gasteiger charge is 2.07. The second-order valence-corrected chi connectivity index (χ2v) is 3.32. The Bertz CT molecular complexity index is 316. The van der Waals surface area contributed by atoms with Gasteiger partial charge in [0.1, 0.15) is 12.1 Å². The number of nitrogens with zero attached hydrogens (tertiary/aromatic N) is 2. The van der Waals surface area contributed by atoms with Crippen molar-refractivity contribution in [3.05, 3.63) is 11.9 Å². The fraction of sp³-hybridized carbons (Fsp3) is 0.600. The van der Waals surface area contributed by atoms with Crippen molar-refractivity contribution in [2.24, 2.45) is 0 Å². The standard InChI is InChI=1S/C10H17N3O2/c1-4-15-10-8(3)9(12-6-13-10)11-5-7(2)14/h6-7,14H,4-5H2,1-3H3,(H,11,12,13). The summed E-state index contributed by atoms with van der Waals surface area (Å²) in [4.78, 5) is 8.10. The monoisotopic (exact) mass is 211 g/mol. The molecule has 0 amide bonds. The summed E-state index contributed by atoms with van der Waals surface area (Å²) in [5.41, 5.74) is 0.861. The zero-order chi connectivity index (χ0) is 11.3. The summed E-state index contributed by atoms with van der Waals surface area (Å²) >= 11 is 0. The molecule has 0 fully saturated rings. The van der Waals surface area contributed by atoms with Crippen LogP contribution in [0.2, 0.25) is 0 Å². The minimum absolute atomic E-state index is 0.407. The molecular formula is C10H17N3O2. The average Bonchev–Trinajstić information content (AvgIpc) is 2.19. The molecule has 1 heterocycles. The van der Waals surface area contributed by atoms with E-state index >= 15 is 0 Å². The third-order valence-electron chi connectivity index (χ3n) is 1.88. The van der Waals surface area contributed by atoms with Gasteiger partial charge < -0.3 is 15.2 Å². The van der Waals surface area contributed by atoms with Crippen LogP contribution in [0.4, 0.5) is 5.82 Å². The number of hydrogen-bond acceptors (Lipinski definition) is 5. The molecule has 1 unspecified atom stereocenters. The molecule has 5 nitrogen and oxygen atoms in total. The molecule has 0 spiro atoms. The molecule has 0 saturated carbocycles. The number of aliphatic hydroxyl groups excluding tert-OH is 1. The van der Waals surface area contributed by atoms with Gasteiger partial charge >= 0.3 is 0 Å². The highest BCUT2D eigenvalue weighted by atomic mass is 16.5. The average molecular weight is 211 g/mol. The first-order valence-electron chi connectivity index (χ1n) is 5.01. The van der Waals surface area contributed by atoms with E-state index in [0.29, 0.717) is 24.8 Å². The van der Waals surface area contributed by atoms with Crippen LogP contribution < -0.4 is 10.1 Å². The van der Waals surface area contributed by atoms with E-state index in [1.54, 1.807) is 6.92 Å². The van der Waals surface area contributed by atoms with Crippen molar-refractivity contribution in [2.45, 2.75) is 26.9 Å². The number of aromatic nitrogens is 2. The topological polar surface area (TPSA) is 67.3 Å². The van der Waals surface area contributed by atoms with E-state index in [4.69, 9.17) is 9.84 Å². The number of rotatable bonds is 5. The smallest absolute Gasteiger partial charge is 0.221 e. The van der Waals surface area contributed by atoms with Gasteiger partial charge in [0.2, 0.25) is 5.88 Å². The lowest BCUT2D eigenvalue weighted by Crippen LogP contribution is -2.17. The molecule has 2 N–H and O–H groups in total. The van der Waals surface area contributed by atoms with Crippen LogP contribution in [-0.2, 0) is 0 Å². The highest BCUT2D eigenvalue weighted by Crippen LogP contribution is 2.19. The van der Waals surface area contributed by atoms with Crippen molar-refractivity contribution < 1.29 is 9.84 Å². The summed E-state index contributed by atoms with van der Waals surface area (Å²) < 4.78 is 5.33. The lowest BCUT2D eigenvalue weighted by atomic mass is 10.3. The summed E-state index contributed by atoms with van der Waals surface area (Å²) in [6, 6.07) is 0. The fourth-order valence-corrected chi connectivity index (χ4v) is 1.14. The first-order valence-corrected chi connectivity index (χ1v) is 5.01. The van der Waals surface area contributed by atoms with Crippen LogP contribution in [-0.4, -0.2) is 34.3 Å². The van der Waals surface area contributed by atoms with Crippen LogP contribution >= 0.6 is 0 Å². The van der Waals surface area contributed by atoms with Gasteiger partial charge in [0.15, 0.2) is 0 Å². The molecule has 0 radical (unpaired) electrons. The van der Waals surface area contributed by atoms with Crippen LogP contribution in [0, 0.1) is 6.92 Å². The minimum Gasteiger partial charge on any atom is -0.478 e. The molecule has 0 bridgehead atoms. The van der Waals surface area contributed by atoms with E-state index in [1.807, 2.05) is 13.8 Å². The van der Waals surface area contributed by atoms with E-state index in [2.05, 4.69) is 15.3 Å². The van der Waals surface area contributed by atoms with Crippen LogP contribution in [0.1, 0.15) is 19.4 Å². The largest absolute Gasteiger partial charge is 0.478 e. The maximum Gasteiger partial charge on any atom is 0.221 e. The third-order valence-corrected chi connectivity index (χ3v) is 1.88. The Morgan fingerprint density at radius 2 is 2.27 bits per heavy atom. The first kappa shape index (κ1) is 11.7. The van der Waals surface area contributed by atoms with E-state index in [-0.39, 0.29) is 0 Å². The molecule has 0 saturated heterocycles. The zero-order valence-electron chi connectivity index (χ0n) is 9.32. The van der Waals surface area contributed by atoms with Crippen molar-refractivity contribution in [3.8, 4) is 5.88 Å². The maximum atomic E-state index is 9.14. The Kier molecular flexibility index (Phi) is 4.30. The number of ether oxygens (including phenoxy) is 1. The van der Waals surface area contributed by atoms with E-state index in [1.165, 1.54) is 6.33 Å². The first-order chi connectivity index (χ1) is 7.15. The minimum atomic E-state index is -0.407. The fourth-order valence-electron chi connectivity index (χ4n) is 1.14. The Hall–Kier alpha value is -1.36. The number of nitrogens with one attached hydrogen (secondary N) is 1. The zero-order valence-corrected chi connectivity index (χ0v) is 9.32. The molecule has 0 aliphatic carbocycles. The Labute approximate surface area is 89.5 Å². The molecule has 84 valence electrons. The van der Waals surface area contributed by atoms with Gasteiger partial charge in [-0.05, 0) is 20.8 Å². The SMILES string of the molecule is CCOc1ncnc(NCC(C)O)c1C. The summed E-state index contributed by atoms with van der Waals surface area (Å²) in [6.07, 6.45) is 1.04. The van der Waals surface area contributed by atoms with E-state index < -0.39 is 6.10 Å². The molecule has 1 aromatic heterocycles. The third kappa shape index (κ3) is 3.36. The molecule has 1 atom stereocenters. The number of hydrogen-bond donors (Lipinski definition) is 2. The quantitative estimate of drug-likeness (QED) is 0.759. The normalized spacial score (nSPS) is 12.3. The van der Waals surface area contributed by atoms with Gasteiger partial charge in [-0.15, -0.1) is 0 Å². The van der Waals surface area contributed by atoms with Gasteiger partial charge in [-0.2, -0.15) is 0 Å². The van der Waals surface area contributed by atoms with Crippen LogP contribution in [0.3, 0.4) is 0 Å². The molecule has 1 rings (SSSR count). The molecule has 0 aromatic carbocycles. The number of anilines is 1. The molecule has 0 aliphatic heterocycles.